The number of nitrogen functional groups attached to an aromatic ring is 1. The Balaban J connectivity index is 1.29. The van der Waals surface area contributed by atoms with Gasteiger partial charge < -0.3 is 20.1 Å². The second kappa shape index (κ2) is 10.7. The number of hydrogen-bond donors (Lipinski definition) is 1. The van der Waals surface area contributed by atoms with Gasteiger partial charge >= 0.3 is 6.01 Å². The van der Waals surface area contributed by atoms with Gasteiger partial charge in [0.05, 0.1) is 35.7 Å². The van der Waals surface area contributed by atoms with Gasteiger partial charge in [0.1, 0.15) is 41.8 Å². The summed E-state index contributed by atoms with van der Waals surface area (Å²) in [4.78, 5) is 17.6. The predicted octanol–water partition coefficient (Wildman–Crippen LogP) is 5.20. The monoisotopic (exact) mass is 632 g/mol. The molecule has 8 rings (SSSR count). The minimum Gasteiger partial charge on any atom is -0.461 e. The van der Waals surface area contributed by atoms with E-state index in [9.17, 15) is 13.2 Å². The Morgan fingerprint density at radius 3 is 2.89 bits per heavy atom. The minimum absolute atomic E-state index is 0.0446. The predicted molar refractivity (Wildman–Crippen MR) is 166 cm³/mol. The third kappa shape index (κ3) is 4.47. The summed E-state index contributed by atoms with van der Waals surface area (Å²) in [6.07, 6.45) is 7.00. The van der Waals surface area contributed by atoms with Crippen LogP contribution in [0.4, 0.5) is 29.1 Å². The maximum absolute atomic E-state index is 16.8. The number of benzene rings is 2. The fourth-order valence-corrected chi connectivity index (χ4v) is 7.91. The van der Waals surface area contributed by atoms with E-state index in [4.69, 9.17) is 21.6 Å². The summed E-state index contributed by atoms with van der Waals surface area (Å²) in [5, 5.41) is 1.06. The van der Waals surface area contributed by atoms with E-state index in [2.05, 4.69) is 32.7 Å². The van der Waals surface area contributed by atoms with Crippen LogP contribution < -0.4 is 15.4 Å². The number of anilines is 2. The smallest absolute Gasteiger partial charge is 0.319 e. The third-order valence-electron chi connectivity index (χ3n) is 10.2. The van der Waals surface area contributed by atoms with Gasteiger partial charge in [-0.3, -0.25) is 9.88 Å². The number of halogens is 4. The maximum Gasteiger partial charge on any atom is 0.319 e. The number of rotatable bonds is 5. The lowest BCUT2D eigenvalue weighted by Crippen LogP contribution is -2.46. The van der Waals surface area contributed by atoms with Crippen molar-refractivity contribution in [3.8, 4) is 29.6 Å². The van der Waals surface area contributed by atoms with Gasteiger partial charge in [0.15, 0.2) is 5.82 Å². The van der Waals surface area contributed by atoms with Crippen molar-refractivity contribution in [2.75, 3.05) is 43.5 Å². The highest BCUT2D eigenvalue weighted by atomic mass is 19.1. The van der Waals surface area contributed by atoms with Crippen LogP contribution in [0.25, 0.3) is 32.9 Å². The van der Waals surface area contributed by atoms with Gasteiger partial charge in [0.2, 0.25) is 0 Å². The van der Waals surface area contributed by atoms with Gasteiger partial charge in [-0.1, -0.05) is 12.0 Å². The van der Waals surface area contributed by atoms with Crippen molar-refractivity contribution in [1.82, 2.24) is 19.9 Å². The molecule has 4 aliphatic rings. The van der Waals surface area contributed by atoms with Crippen molar-refractivity contribution >= 4 is 33.2 Å². The number of aromatic nitrogens is 3. The maximum atomic E-state index is 16.8. The van der Waals surface area contributed by atoms with Gasteiger partial charge in [0.25, 0.3) is 0 Å². The van der Waals surface area contributed by atoms with Crippen molar-refractivity contribution in [3.63, 3.8) is 0 Å². The summed E-state index contributed by atoms with van der Waals surface area (Å²) in [5.41, 5.74) is 5.88. The molecule has 2 aromatic heterocycles. The van der Waals surface area contributed by atoms with E-state index in [-0.39, 0.29) is 70.1 Å². The van der Waals surface area contributed by atoms with E-state index < -0.39 is 35.6 Å². The van der Waals surface area contributed by atoms with Gasteiger partial charge in [-0.2, -0.15) is 9.97 Å². The van der Waals surface area contributed by atoms with Gasteiger partial charge in [-0.15, -0.1) is 6.42 Å². The van der Waals surface area contributed by atoms with E-state index >= 15 is 4.39 Å². The van der Waals surface area contributed by atoms with Crippen molar-refractivity contribution < 1.29 is 27.0 Å². The molecule has 2 aromatic carbocycles. The molecule has 3 saturated heterocycles. The molecule has 8 nitrogen and oxygen atoms in total. The third-order valence-corrected chi connectivity index (χ3v) is 10.2. The van der Waals surface area contributed by atoms with Gasteiger partial charge in [0, 0.05) is 54.3 Å². The molecule has 0 radical (unpaired) electrons. The first-order valence-corrected chi connectivity index (χ1v) is 15.6. The van der Waals surface area contributed by atoms with Crippen LogP contribution in [-0.4, -0.2) is 82.7 Å². The van der Waals surface area contributed by atoms with E-state index in [0.29, 0.717) is 37.2 Å². The quantitative estimate of drug-likeness (QED) is 0.183. The molecule has 0 spiro atoms. The molecule has 6 atom stereocenters. The second-order valence-corrected chi connectivity index (χ2v) is 13.0. The highest BCUT2D eigenvalue weighted by Gasteiger charge is 2.57. The van der Waals surface area contributed by atoms with E-state index in [1.165, 1.54) is 24.4 Å². The molecule has 46 heavy (non-hydrogen) atoms. The Labute approximate surface area is 262 Å². The minimum atomic E-state index is -1.13. The van der Waals surface area contributed by atoms with E-state index in [1.54, 1.807) is 11.0 Å². The molecule has 1 saturated carbocycles. The number of pyridine rings is 1. The standard InChI is InChI=1S/C34H32F4N6O2/c1-3-21-25(36)5-4-18-10-20(39)11-22(26(18)21)29-28(38)30-23(13-40-29)32(43-8-9-45-15-24-27(37)31(24)43)42-33(41-30)46-16-34-7-6-17(2)44(34)14-19(35)12-34/h1,4-5,10-11,13,17,19,24,27,31H,6-9,12,14-16,39H2,2H3/t17-,19-,24+,27+,31+,34+/m1/s1. The Hall–Kier alpha value is -4.21. The fourth-order valence-electron chi connectivity index (χ4n) is 7.91. The molecule has 238 valence electrons. The molecule has 5 heterocycles. The first-order valence-electron chi connectivity index (χ1n) is 15.6. The zero-order valence-electron chi connectivity index (χ0n) is 25.1. The molecule has 0 bridgehead atoms. The topological polar surface area (TPSA) is 89.6 Å². The first kappa shape index (κ1) is 29.2. The first-order chi connectivity index (χ1) is 22.2. The molecular formula is C34H32F4N6O2. The number of nitrogens with zero attached hydrogens (tertiary/aromatic N) is 5. The SMILES string of the molecule is C#Cc1c(F)ccc2cc(N)cc(-c3ncc4c(N5CCOC[C@H]6[C@H](F)[C@H]65)nc(OC[C@@]56CC[C@@H](C)N5C[C@H](F)C6)nc4c3F)c12. The van der Waals surface area contributed by atoms with Crippen molar-refractivity contribution in [1.29, 1.82) is 0 Å². The van der Waals surface area contributed by atoms with Crippen LogP contribution in [0, 0.1) is 29.9 Å². The highest BCUT2D eigenvalue weighted by Crippen LogP contribution is 2.46. The van der Waals surface area contributed by atoms with Crippen LogP contribution in [0.2, 0.25) is 0 Å². The van der Waals surface area contributed by atoms with Crippen LogP contribution in [0.15, 0.2) is 30.5 Å². The van der Waals surface area contributed by atoms with Crippen molar-refractivity contribution in [3.05, 3.63) is 47.7 Å². The zero-order chi connectivity index (χ0) is 31.9. The average Bonchev–Trinajstić information content (AvgIpc) is 3.51. The Morgan fingerprint density at radius 2 is 2.07 bits per heavy atom. The van der Waals surface area contributed by atoms with Crippen LogP contribution in [0.3, 0.4) is 0 Å². The van der Waals surface area contributed by atoms with Gasteiger partial charge in [-0.05, 0) is 43.4 Å². The van der Waals surface area contributed by atoms with Gasteiger partial charge in [-0.25, -0.2) is 17.6 Å². The fraction of sp³-hybridized carbons (Fsp3) is 0.441. The zero-order valence-corrected chi connectivity index (χ0v) is 25.1. The Kier molecular flexibility index (Phi) is 6.78. The molecule has 4 aromatic rings. The molecule has 4 fully saturated rings. The molecule has 12 heteroatoms. The lowest BCUT2D eigenvalue weighted by Gasteiger charge is -2.33. The molecule has 1 aliphatic carbocycles. The molecule has 3 aliphatic heterocycles. The highest BCUT2D eigenvalue weighted by molar-refractivity contribution is 6.03. The number of terminal acetylenes is 1. The van der Waals surface area contributed by atoms with Crippen LogP contribution in [0.5, 0.6) is 6.01 Å². The summed E-state index contributed by atoms with van der Waals surface area (Å²) >= 11 is 0. The lowest BCUT2D eigenvalue weighted by atomic mass is 9.95. The van der Waals surface area contributed by atoms with Crippen LogP contribution in [-0.2, 0) is 4.74 Å². The number of ether oxygens (including phenoxy) is 2. The summed E-state index contributed by atoms with van der Waals surface area (Å²) in [6, 6.07) is 5.49. The molecule has 2 N–H and O–H groups in total. The lowest BCUT2D eigenvalue weighted by molar-refractivity contribution is 0.0889. The summed E-state index contributed by atoms with van der Waals surface area (Å²) in [5.74, 6) is 0.857. The largest absolute Gasteiger partial charge is 0.461 e. The summed E-state index contributed by atoms with van der Waals surface area (Å²) in [6.45, 7) is 3.46. The normalized spacial score (nSPS) is 29.0. The molecule has 0 unspecified atom stereocenters. The Bertz CT molecular complexity index is 1940. The molecular weight excluding hydrogens is 600 g/mol. The van der Waals surface area contributed by atoms with Crippen molar-refractivity contribution in [2.45, 2.75) is 56.2 Å². The van der Waals surface area contributed by atoms with Crippen LogP contribution >= 0.6 is 0 Å². The summed E-state index contributed by atoms with van der Waals surface area (Å²) in [7, 11) is 0. The number of nitrogens with two attached hydrogens (primary N) is 1. The molecule has 0 amide bonds. The van der Waals surface area contributed by atoms with Crippen molar-refractivity contribution in [2.24, 2.45) is 5.92 Å². The Morgan fingerprint density at radius 1 is 1.22 bits per heavy atom. The van der Waals surface area contributed by atoms with E-state index in [1.807, 2.05) is 0 Å². The second-order valence-electron chi connectivity index (χ2n) is 13.0. The average molecular weight is 633 g/mol. The summed E-state index contributed by atoms with van der Waals surface area (Å²) < 4.78 is 73.1. The number of alkyl halides is 2. The number of fused-ring (bicyclic) bond motifs is 4. The van der Waals surface area contributed by atoms with Crippen LogP contribution in [0.1, 0.15) is 31.7 Å². The van der Waals surface area contributed by atoms with E-state index in [0.717, 1.165) is 12.8 Å². The number of hydrogen-bond acceptors (Lipinski definition) is 8.